The molecule has 40 heavy (non-hydrogen) atoms. The van der Waals surface area contributed by atoms with Gasteiger partial charge < -0.3 is 14.3 Å². The van der Waals surface area contributed by atoms with Crippen LogP contribution in [0.5, 0.6) is 5.75 Å². The number of benzene rings is 3. The molecule has 212 valence electrons. The van der Waals surface area contributed by atoms with Gasteiger partial charge in [-0.15, -0.1) is 0 Å². The summed E-state index contributed by atoms with van der Waals surface area (Å²) in [5.41, 5.74) is 3.08. The van der Waals surface area contributed by atoms with Gasteiger partial charge in [-0.1, -0.05) is 75.4 Å². The van der Waals surface area contributed by atoms with Crippen molar-refractivity contribution in [2.45, 2.75) is 64.5 Å². The second kappa shape index (κ2) is 12.5. The van der Waals surface area contributed by atoms with Crippen LogP contribution in [0, 0.1) is 5.82 Å². The molecule has 0 bridgehead atoms. The normalized spacial score (nSPS) is 12.9. The van der Waals surface area contributed by atoms with E-state index in [0.717, 1.165) is 24.0 Å². The average molecular weight is 562 g/mol. The van der Waals surface area contributed by atoms with Crippen molar-refractivity contribution in [3.05, 3.63) is 101 Å². The van der Waals surface area contributed by atoms with Crippen LogP contribution >= 0.6 is 0 Å². The standard InChI is InChI=1S/C32H40FN3O3Si/c1-32(2,3)40(5,6)39-19-11-15-23-14-10-16-25(20-23)29(37)30-34-31(36(4)35-30)27-21-26(17-18-28(27)33)38-22-24-12-8-7-9-13-24/h7-10,12-14,16-18,20-21,29,37H,11,15,19,22H2,1-6H3. The van der Waals surface area contributed by atoms with Gasteiger partial charge in [0.2, 0.25) is 0 Å². The topological polar surface area (TPSA) is 69.4 Å². The second-order valence-electron chi connectivity index (χ2n) is 11.7. The molecular weight excluding hydrogens is 521 g/mol. The summed E-state index contributed by atoms with van der Waals surface area (Å²) in [5, 5.41) is 15.7. The third-order valence-corrected chi connectivity index (χ3v) is 12.1. The minimum Gasteiger partial charge on any atom is -0.489 e. The van der Waals surface area contributed by atoms with Crippen LogP contribution in [0.1, 0.15) is 55.8 Å². The minimum absolute atomic E-state index is 0.185. The maximum atomic E-state index is 14.9. The van der Waals surface area contributed by atoms with Crippen molar-refractivity contribution in [3.63, 3.8) is 0 Å². The molecule has 0 saturated carbocycles. The highest BCUT2D eigenvalue weighted by Crippen LogP contribution is 2.36. The summed E-state index contributed by atoms with van der Waals surface area (Å²) in [7, 11) is -0.0799. The van der Waals surface area contributed by atoms with E-state index < -0.39 is 20.2 Å². The van der Waals surface area contributed by atoms with E-state index in [9.17, 15) is 9.50 Å². The number of aliphatic hydroxyl groups is 1. The van der Waals surface area contributed by atoms with E-state index in [4.69, 9.17) is 9.16 Å². The number of aromatic nitrogens is 3. The van der Waals surface area contributed by atoms with Gasteiger partial charge in [-0.2, -0.15) is 5.10 Å². The Kier molecular flexibility index (Phi) is 9.23. The summed E-state index contributed by atoms with van der Waals surface area (Å²) in [5.74, 6) is 0.614. The fourth-order valence-electron chi connectivity index (χ4n) is 4.15. The molecule has 3 aromatic carbocycles. The Balaban J connectivity index is 1.44. The third-order valence-electron chi connectivity index (χ3n) is 7.60. The first-order chi connectivity index (χ1) is 18.9. The first kappa shape index (κ1) is 29.6. The summed E-state index contributed by atoms with van der Waals surface area (Å²) in [6.07, 6.45) is 0.709. The number of rotatable bonds is 11. The van der Waals surface area contributed by atoms with Gasteiger partial charge in [-0.05, 0) is 65.9 Å². The van der Waals surface area contributed by atoms with Crippen molar-refractivity contribution in [2.24, 2.45) is 7.05 Å². The maximum absolute atomic E-state index is 14.9. The number of aliphatic hydroxyl groups excluding tert-OH is 1. The molecule has 4 rings (SSSR count). The van der Waals surface area contributed by atoms with Gasteiger partial charge in [0.25, 0.3) is 0 Å². The van der Waals surface area contributed by atoms with Crippen LogP contribution in [0.25, 0.3) is 11.4 Å². The minimum atomic E-state index is -1.77. The van der Waals surface area contributed by atoms with Gasteiger partial charge in [0, 0.05) is 13.7 Å². The average Bonchev–Trinajstić information content (AvgIpc) is 3.31. The van der Waals surface area contributed by atoms with Crippen LogP contribution in [0.15, 0.2) is 72.8 Å². The van der Waals surface area contributed by atoms with Crippen LogP contribution in [0.2, 0.25) is 18.1 Å². The van der Waals surface area contributed by atoms with E-state index in [2.05, 4.69) is 50.0 Å². The zero-order chi connectivity index (χ0) is 28.9. The number of halogens is 1. The van der Waals surface area contributed by atoms with Crippen molar-refractivity contribution < 1.29 is 18.7 Å². The largest absolute Gasteiger partial charge is 0.489 e. The number of nitrogens with zero attached hydrogens (tertiary/aromatic N) is 3. The molecule has 1 atom stereocenters. The van der Waals surface area contributed by atoms with Crippen LogP contribution in [0.4, 0.5) is 4.39 Å². The van der Waals surface area contributed by atoms with Gasteiger partial charge >= 0.3 is 0 Å². The molecule has 0 aliphatic rings. The molecule has 1 N–H and O–H groups in total. The molecule has 1 heterocycles. The predicted molar refractivity (Wildman–Crippen MR) is 159 cm³/mol. The quantitative estimate of drug-likeness (QED) is 0.154. The molecule has 0 aliphatic carbocycles. The molecule has 0 saturated heterocycles. The van der Waals surface area contributed by atoms with Crippen molar-refractivity contribution in [1.82, 2.24) is 14.8 Å². The Hall–Kier alpha value is -3.33. The molecule has 0 amide bonds. The Morgan fingerprint density at radius 1 is 0.975 bits per heavy atom. The van der Waals surface area contributed by atoms with E-state index in [1.54, 1.807) is 19.2 Å². The zero-order valence-electron chi connectivity index (χ0n) is 24.3. The fourth-order valence-corrected chi connectivity index (χ4v) is 5.24. The first-order valence-corrected chi connectivity index (χ1v) is 16.6. The number of hydrogen-bond acceptors (Lipinski definition) is 5. The van der Waals surface area contributed by atoms with E-state index in [1.807, 2.05) is 48.5 Å². The van der Waals surface area contributed by atoms with Crippen LogP contribution < -0.4 is 4.74 Å². The van der Waals surface area contributed by atoms with Crippen LogP contribution in [-0.2, 0) is 24.5 Å². The molecule has 6 nitrogen and oxygen atoms in total. The van der Waals surface area contributed by atoms with Crippen molar-refractivity contribution >= 4 is 8.32 Å². The lowest BCUT2D eigenvalue weighted by atomic mass is 10.0. The summed E-state index contributed by atoms with van der Waals surface area (Å²) >= 11 is 0. The summed E-state index contributed by atoms with van der Waals surface area (Å²) in [4.78, 5) is 4.52. The Morgan fingerprint density at radius 3 is 2.42 bits per heavy atom. The molecular formula is C32H40FN3O3Si. The Labute approximate surface area is 238 Å². The lowest BCUT2D eigenvalue weighted by Crippen LogP contribution is -2.41. The zero-order valence-corrected chi connectivity index (χ0v) is 25.3. The first-order valence-electron chi connectivity index (χ1n) is 13.7. The number of hydrogen-bond donors (Lipinski definition) is 1. The maximum Gasteiger partial charge on any atom is 0.191 e. The third kappa shape index (κ3) is 7.24. The number of ether oxygens (including phenoxy) is 1. The Morgan fingerprint density at radius 2 is 1.70 bits per heavy atom. The van der Waals surface area contributed by atoms with E-state index >= 15 is 0 Å². The Bertz CT molecular complexity index is 1420. The van der Waals surface area contributed by atoms with Gasteiger partial charge in [0.05, 0.1) is 5.56 Å². The molecule has 1 unspecified atom stereocenters. The SMILES string of the molecule is Cn1nc(C(O)c2cccc(CCCO[Si](C)(C)C(C)(C)C)c2)nc1-c1cc(OCc2ccccc2)ccc1F. The van der Waals surface area contributed by atoms with Crippen molar-refractivity contribution in [3.8, 4) is 17.1 Å². The van der Waals surface area contributed by atoms with E-state index in [1.165, 1.54) is 10.7 Å². The van der Waals surface area contributed by atoms with Gasteiger partial charge in [-0.25, -0.2) is 14.1 Å². The molecule has 4 aromatic rings. The van der Waals surface area contributed by atoms with Gasteiger partial charge in [0.1, 0.15) is 24.3 Å². The summed E-state index contributed by atoms with van der Waals surface area (Å²) in [6.45, 7) is 12.3. The van der Waals surface area contributed by atoms with Gasteiger partial charge in [-0.3, -0.25) is 0 Å². The van der Waals surface area contributed by atoms with E-state index in [-0.39, 0.29) is 16.4 Å². The second-order valence-corrected chi connectivity index (χ2v) is 16.5. The summed E-state index contributed by atoms with van der Waals surface area (Å²) in [6, 6.07) is 22.2. The highest BCUT2D eigenvalue weighted by molar-refractivity contribution is 6.74. The van der Waals surface area contributed by atoms with Crippen molar-refractivity contribution in [2.75, 3.05) is 6.61 Å². The predicted octanol–water partition coefficient (Wildman–Crippen LogP) is 7.24. The van der Waals surface area contributed by atoms with Crippen molar-refractivity contribution in [1.29, 1.82) is 0 Å². The van der Waals surface area contributed by atoms with E-state index in [0.29, 0.717) is 30.4 Å². The molecule has 8 heteroatoms. The lowest BCUT2D eigenvalue weighted by molar-refractivity contribution is 0.209. The van der Waals surface area contributed by atoms with Crippen LogP contribution in [0.3, 0.4) is 0 Å². The summed E-state index contributed by atoms with van der Waals surface area (Å²) < 4.78 is 28.5. The molecule has 0 fully saturated rings. The highest BCUT2D eigenvalue weighted by atomic mass is 28.4. The van der Waals surface area contributed by atoms with Crippen LogP contribution in [-0.4, -0.2) is 34.8 Å². The fraction of sp³-hybridized carbons (Fsp3) is 0.375. The molecule has 0 aliphatic heterocycles. The molecule has 1 aromatic heterocycles. The highest BCUT2D eigenvalue weighted by Gasteiger charge is 2.36. The lowest BCUT2D eigenvalue weighted by Gasteiger charge is -2.36. The molecule has 0 spiro atoms. The monoisotopic (exact) mass is 561 g/mol. The van der Waals surface area contributed by atoms with Gasteiger partial charge in [0.15, 0.2) is 20.0 Å². The molecule has 0 radical (unpaired) electrons. The number of aryl methyl sites for hydroxylation is 2. The smallest absolute Gasteiger partial charge is 0.191 e.